The van der Waals surface area contributed by atoms with Crippen LogP contribution in [0.25, 0.3) is 0 Å². The van der Waals surface area contributed by atoms with Gasteiger partial charge in [-0.25, -0.2) is 9.78 Å². The third kappa shape index (κ3) is 2.62. The van der Waals surface area contributed by atoms with E-state index in [4.69, 9.17) is 4.74 Å². The van der Waals surface area contributed by atoms with Gasteiger partial charge in [0.15, 0.2) is 10.7 Å². The van der Waals surface area contributed by atoms with Crippen molar-refractivity contribution < 1.29 is 14.3 Å². The van der Waals surface area contributed by atoms with Crippen LogP contribution in [0.15, 0.2) is 29.8 Å². The molecule has 2 aromatic rings. The Morgan fingerprint density at radius 1 is 1.50 bits per heavy atom. The molecular formula is C16H16N2O3S. The second-order valence-corrected chi connectivity index (χ2v) is 6.33. The first-order chi connectivity index (χ1) is 10.5. The molecule has 3 rings (SSSR count). The Balaban J connectivity index is 1.89. The van der Waals surface area contributed by atoms with Gasteiger partial charge < -0.3 is 4.74 Å². The van der Waals surface area contributed by atoms with Crippen LogP contribution < -0.4 is 5.32 Å². The second-order valence-electron chi connectivity index (χ2n) is 5.43. The maximum atomic E-state index is 12.5. The smallest absolute Gasteiger partial charge is 0.339 e. The van der Waals surface area contributed by atoms with Gasteiger partial charge in [-0.3, -0.25) is 10.1 Å². The minimum atomic E-state index is -1.22. The van der Waals surface area contributed by atoms with Crippen molar-refractivity contribution in [2.45, 2.75) is 32.3 Å². The van der Waals surface area contributed by atoms with Gasteiger partial charge in [0.25, 0.3) is 5.91 Å². The number of amides is 1. The maximum Gasteiger partial charge on any atom is 0.339 e. The van der Waals surface area contributed by atoms with Crippen molar-refractivity contribution in [1.82, 2.24) is 4.98 Å². The van der Waals surface area contributed by atoms with Crippen molar-refractivity contribution in [3.63, 3.8) is 0 Å². The molecule has 6 heteroatoms. The molecule has 22 heavy (non-hydrogen) atoms. The molecule has 0 saturated heterocycles. The molecule has 0 spiro atoms. The Hall–Kier alpha value is -2.21. The van der Waals surface area contributed by atoms with E-state index in [1.54, 1.807) is 24.6 Å². The molecule has 1 atom stereocenters. The van der Waals surface area contributed by atoms with E-state index < -0.39 is 11.6 Å². The lowest BCUT2D eigenvalue weighted by molar-refractivity contribution is -0.134. The maximum absolute atomic E-state index is 12.5. The number of cyclic esters (lactones) is 1. The number of carbonyl (C=O) groups excluding carboxylic acids is 2. The summed E-state index contributed by atoms with van der Waals surface area (Å²) in [5, 5.41) is 4.97. The van der Waals surface area contributed by atoms with Crippen molar-refractivity contribution in [2.24, 2.45) is 0 Å². The summed E-state index contributed by atoms with van der Waals surface area (Å²) in [4.78, 5) is 28.7. The molecule has 5 nitrogen and oxygen atoms in total. The van der Waals surface area contributed by atoms with E-state index in [0.717, 1.165) is 17.5 Å². The molecule has 1 aliphatic rings. The average molecular weight is 316 g/mol. The van der Waals surface area contributed by atoms with Crippen LogP contribution in [0.1, 0.15) is 35.3 Å². The van der Waals surface area contributed by atoms with E-state index in [9.17, 15) is 9.59 Å². The number of ether oxygens (including phenoxy) is 1. The van der Waals surface area contributed by atoms with Crippen molar-refractivity contribution in [2.75, 3.05) is 5.32 Å². The van der Waals surface area contributed by atoms with Gasteiger partial charge in [0.2, 0.25) is 0 Å². The van der Waals surface area contributed by atoms with Gasteiger partial charge in [-0.15, -0.1) is 11.3 Å². The standard InChI is InChI=1S/C16H16N2O3S/c1-3-10-4-5-12-11(8-10)9-16(2,21-13(12)19)14(20)18-15-17-6-7-22-15/h4-8H,3,9H2,1-2H3,(H,17,18,20). The van der Waals surface area contributed by atoms with E-state index >= 15 is 0 Å². The Bertz CT molecular complexity index is 727. The first-order valence-electron chi connectivity index (χ1n) is 7.08. The van der Waals surface area contributed by atoms with Crippen LogP contribution in [0, 0.1) is 0 Å². The number of nitrogens with zero attached hydrogens (tertiary/aromatic N) is 1. The molecule has 1 aliphatic heterocycles. The number of fused-ring (bicyclic) bond motifs is 1. The average Bonchev–Trinajstić information content (AvgIpc) is 2.99. The molecule has 0 radical (unpaired) electrons. The third-order valence-electron chi connectivity index (χ3n) is 3.78. The van der Waals surface area contributed by atoms with Crippen molar-refractivity contribution in [3.8, 4) is 0 Å². The van der Waals surface area contributed by atoms with Crippen LogP contribution in [0.5, 0.6) is 0 Å². The molecule has 1 aromatic heterocycles. The van der Waals surface area contributed by atoms with Crippen molar-refractivity contribution in [1.29, 1.82) is 0 Å². The van der Waals surface area contributed by atoms with Gasteiger partial charge in [0.05, 0.1) is 5.56 Å². The number of benzene rings is 1. The lowest BCUT2D eigenvalue weighted by atomic mass is 9.88. The van der Waals surface area contributed by atoms with Crippen LogP contribution >= 0.6 is 11.3 Å². The first kappa shape index (κ1) is 14.7. The van der Waals surface area contributed by atoms with Crippen LogP contribution in [-0.4, -0.2) is 22.5 Å². The summed E-state index contributed by atoms with van der Waals surface area (Å²) in [6, 6.07) is 5.66. The Morgan fingerprint density at radius 3 is 3.00 bits per heavy atom. The molecular weight excluding hydrogens is 300 g/mol. The van der Waals surface area contributed by atoms with Gasteiger partial charge >= 0.3 is 5.97 Å². The summed E-state index contributed by atoms with van der Waals surface area (Å²) in [6.07, 6.45) is 2.85. The lowest BCUT2D eigenvalue weighted by Crippen LogP contribution is -2.48. The van der Waals surface area contributed by atoms with Gasteiger partial charge in [-0.2, -0.15) is 0 Å². The summed E-state index contributed by atoms with van der Waals surface area (Å²) in [5.74, 6) is -0.816. The molecule has 114 valence electrons. The molecule has 1 N–H and O–H groups in total. The summed E-state index contributed by atoms with van der Waals surface area (Å²) >= 11 is 1.32. The van der Waals surface area contributed by atoms with Crippen LogP contribution in [-0.2, 0) is 22.4 Å². The van der Waals surface area contributed by atoms with E-state index in [0.29, 0.717) is 17.1 Å². The van der Waals surface area contributed by atoms with Gasteiger partial charge in [-0.1, -0.05) is 19.1 Å². The van der Waals surface area contributed by atoms with Crippen LogP contribution in [0.2, 0.25) is 0 Å². The normalized spacial score (nSPS) is 20.2. The predicted molar refractivity (Wildman–Crippen MR) is 84.1 cm³/mol. The fourth-order valence-corrected chi connectivity index (χ4v) is 3.04. The zero-order chi connectivity index (χ0) is 15.7. The zero-order valence-electron chi connectivity index (χ0n) is 12.4. The third-order valence-corrected chi connectivity index (χ3v) is 4.47. The molecule has 2 heterocycles. The first-order valence-corrected chi connectivity index (χ1v) is 7.96. The molecule has 0 bridgehead atoms. The van der Waals surface area contributed by atoms with Crippen LogP contribution in [0.4, 0.5) is 5.13 Å². The number of hydrogen-bond donors (Lipinski definition) is 1. The highest BCUT2D eigenvalue weighted by Crippen LogP contribution is 2.30. The number of carbonyl (C=O) groups is 2. The molecule has 1 unspecified atom stereocenters. The van der Waals surface area contributed by atoms with Gasteiger partial charge in [-0.05, 0) is 30.5 Å². The SMILES string of the molecule is CCc1ccc2c(c1)CC(C)(C(=O)Nc1nccs1)OC2=O. The topological polar surface area (TPSA) is 68.3 Å². The van der Waals surface area contributed by atoms with E-state index in [2.05, 4.69) is 17.2 Å². The molecule has 0 aliphatic carbocycles. The minimum absolute atomic E-state index is 0.358. The summed E-state index contributed by atoms with van der Waals surface area (Å²) in [5.41, 5.74) is 1.31. The second kappa shape index (κ2) is 5.53. The number of anilines is 1. The van der Waals surface area contributed by atoms with Gasteiger partial charge in [0.1, 0.15) is 0 Å². The monoisotopic (exact) mass is 316 g/mol. The number of thiazole rings is 1. The van der Waals surface area contributed by atoms with Gasteiger partial charge in [0, 0.05) is 18.0 Å². The fraction of sp³-hybridized carbons (Fsp3) is 0.312. The molecule has 1 amide bonds. The van der Waals surface area contributed by atoms with E-state index in [1.807, 2.05) is 12.1 Å². The Morgan fingerprint density at radius 2 is 2.32 bits per heavy atom. The molecule has 0 fully saturated rings. The highest BCUT2D eigenvalue weighted by molar-refractivity contribution is 7.13. The summed E-state index contributed by atoms with van der Waals surface area (Å²) < 4.78 is 5.41. The number of aromatic nitrogens is 1. The highest BCUT2D eigenvalue weighted by Gasteiger charge is 2.43. The number of esters is 1. The Labute approximate surface area is 132 Å². The zero-order valence-corrected chi connectivity index (χ0v) is 13.2. The molecule has 0 saturated carbocycles. The number of aryl methyl sites for hydroxylation is 1. The number of rotatable bonds is 3. The lowest BCUT2D eigenvalue weighted by Gasteiger charge is -2.33. The summed E-state index contributed by atoms with van der Waals surface area (Å²) in [6.45, 7) is 3.69. The van der Waals surface area contributed by atoms with Crippen LogP contribution in [0.3, 0.4) is 0 Å². The quantitative estimate of drug-likeness (QED) is 0.884. The fourth-order valence-electron chi connectivity index (χ4n) is 2.51. The summed E-state index contributed by atoms with van der Waals surface area (Å²) in [7, 11) is 0. The Kier molecular flexibility index (Phi) is 3.70. The number of hydrogen-bond acceptors (Lipinski definition) is 5. The molecule has 1 aromatic carbocycles. The van der Waals surface area contributed by atoms with E-state index in [1.165, 1.54) is 11.3 Å². The van der Waals surface area contributed by atoms with Crippen molar-refractivity contribution >= 4 is 28.3 Å². The van der Waals surface area contributed by atoms with E-state index in [-0.39, 0.29) is 5.91 Å². The highest BCUT2D eigenvalue weighted by atomic mass is 32.1. The van der Waals surface area contributed by atoms with Crippen molar-refractivity contribution in [3.05, 3.63) is 46.5 Å². The predicted octanol–water partition coefficient (Wildman–Crippen LogP) is 2.82. The number of nitrogens with one attached hydrogen (secondary N) is 1. The largest absolute Gasteiger partial charge is 0.445 e. The minimum Gasteiger partial charge on any atom is -0.445 e.